The second-order valence-electron chi connectivity index (χ2n) is 6.85. The number of benzene rings is 1. The minimum absolute atomic E-state index is 0.567. The Morgan fingerprint density at radius 1 is 1.00 bits per heavy atom. The number of methoxy groups -OCH3 is 1. The Bertz CT molecular complexity index is 635. The predicted molar refractivity (Wildman–Crippen MR) is 95.1 cm³/mol. The second kappa shape index (κ2) is 5.49. The van der Waals surface area contributed by atoms with Gasteiger partial charge in [0.05, 0.1) is 7.11 Å². The molecule has 0 bridgehead atoms. The molecule has 2 rings (SSSR count). The van der Waals surface area contributed by atoms with Crippen LogP contribution in [0.25, 0.3) is 0 Å². The Balaban J connectivity index is 2.62. The number of allylic oxidation sites excluding steroid dienone is 4. The lowest BCUT2D eigenvalue weighted by molar-refractivity contribution is 0.415. The van der Waals surface area contributed by atoms with Gasteiger partial charge in [-0.2, -0.15) is 0 Å². The summed E-state index contributed by atoms with van der Waals surface area (Å²) in [6.45, 7) is 16.3. The van der Waals surface area contributed by atoms with Crippen LogP contribution >= 0.6 is 0 Å². The van der Waals surface area contributed by atoms with E-state index in [9.17, 15) is 0 Å². The summed E-state index contributed by atoms with van der Waals surface area (Å²) in [5.74, 6) is 1.65. The molecule has 0 heterocycles. The lowest BCUT2D eigenvalue weighted by atomic mass is 10.1. The third-order valence-electron chi connectivity index (χ3n) is 5.40. The molecule has 1 unspecified atom stereocenters. The van der Waals surface area contributed by atoms with E-state index in [-0.39, 0.29) is 0 Å². The Morgan fingerprint density at radius 2 is 1.62 bits per heavy atom. The summed E-state index contributed by atoms with van der Waals surface area (Å²) < 4.78 is 5.74. The molecule has 1 nitrogen and oxygen atoms in total. The van der Waals surface area contributed by atoms with Crippen molar-refractivity contribution in [3.05, 3.63) is 45.7 Å². The van der Waals surface area contributed by atoms with Crippen molar-refractivity contribution >= 4 is 13.3 Å². The van der Waals surface area contributed by atoms with Gasteiger partial charge in [-0.1, -0.05) is 54.6 Å². The van der Waals surface area contributed by atoms with Gasteiger partial charge in [0.25, 0.3) is 0 Å². The van der Waals surface area contributed by atoms with Gasteiger partial charge in [-0.3, -0.25) is 0 Å². The van der Waals surface area contributed by atoms with Gasteiger partial charge in [-0.15, -0.1) is 0 Å². The summed E-state index contributed by atoms with van der Waals surface area (Å²) >= 11 is 0. The summed E-state index contributed by atoms with van der Waals surface area (Å²) in [6.07, 6.45) is 0. The summed E-state index contributed by atoms with van der Waals surface area (Å²) in [5.41, 5.74) is 5.78. The van der Waals surface area contributed by atoms with Crippen LogP contribution in [0.15, 0.2) is 40.1 Å². The minimum atomic E-state index is -1.74. The maximum absolute atomic E-state index is 5.74. The molecule has 1 atom stereocenters. The van der Waals surface area contributed by atoms with Gasteiger partial charge in [0, 0.05) is 0 Å². The normalized spacial score (nSPS) is 19.5. The van der Waals surface area contributed by atoms with Gasteiger partial charge < -0.3 is 4.74 Å². The third kappa shape index (κ3) is 2.40. The van der Waals surface area contributed by atoms with Crippen LogP contribution < -0.4 is 9.92 Å². The van der Waals surface area contributed by atoms with Crippen LogP contribution in [-0.4, -0.2) is 15.2 Å². The molecule has 2 heteroatoms. The molecule has 0 aromatic heterocycles. The van der Waals surface area contributed by atoms with Crippen LogP contribution in [-0.2, 0) is 0 Å². The monoisotopic (exact) mass is 300 g/mol. The first-order valence-corrected chi connectivity index (χ1v) is 10.8. The summed E-state index contributed by atoms with van der Waals surface area (Å²) in [4.78, 5) is 0. The van der Waals surface area contributed by atoms with Crippen molar-refractivity contribution in [3.8, 4) is 5.75 Å². The first-order chi connectivity index (χ1) is 9.73. The first kappa shape index (κ1) is 16.1. The highest BCUT2D eigenvalue weighted by molar-refractivity contribution is 6.96. The smallest absolute Gasteiger partial charge is 0.121 e. The summed E-state index contributed by atoms with van der Waals surface area (Å²) in [5, 5.41) is 3.09. The zero-order chi connectivity index (χ0) is 15.9. The minimum Gasteiger partial charge on any atom is -0.497 e. The molecule has 0 fully saturated rings. The molecule has 114 valence electrons. The molecule has 1 aromatic rings. The van der Waals surface area contributed by atoms with Crippen molar-refractivity contribution in [1.29, 1.82) is 0 Å². The fourth-order valence-corrected chi connectivity index (χ4v) is 8.03. The lowest BCUT2D eigenvalue weighted by Gasteiger charge is -2.31. The fourth-order valence-electron chi connectivity index (χ4n) is 3.93. The maximum Gasteiger partial charge on any atom is 0.121 e. The average molecular weight is 301 g/mol. The van der Waals surface area contributed by atoms with Gasteiger partial charge in [0.2, 0.25) is 0 Å². The molecule has 1 aromatic carbocycles. The van der Waals surface area contributed by atoms with Crippen molar-refractivity contribution in [2.45, 2.75) is 47.7 Å². The molecule has 0 aliphatic heterocycles. The number of aryl methyl sites for hydroxylation is 1. The molecular weight excluding hydrogens is 272 g/mol. The number of para-hydroxylation sites is 1. The van der Waals surface area contributed by atoms with Crippen LogP contribution in [0.5, 0.6) is 5.75 Å². The number of rotatable bonds is 3. The van der Waals surface area contributed by atoms with E-state index in [0.29, 0.717) is 5.92 Å². The van der Waals surface area contributed by atoms with Crippen LogP contribution in [0, 0.1) is 12.8 Å². The lowest BCUT2D eigenvalue weighted by Crippen LogP contribution is -2.46. The summed E-state index contributed by atoms with van der Waals surface area (Å²) in [6, 6.07) is 6.58. The molecule has 0 saturated carbocycles. The molecule has 0 radical (unpaired) electrons. The largest absolute Gasteiger partial charge is 0.497 e. The van der Waals surface area contributed by atoms with E-state index in [1.807, 2.05) is 0 Å². The van der Waals surface area contributed by atoms with Gasteiger partial charge in [-0.25, -0.2) is 0 Å². The number of hydrogen-bond donors (Lipinski definition) is 0. The highest BCUT2D eigenvalue weighted by atomic mass is 28.3. The molecular formula is C19H28OSi. The molecule has 0 spiro atoms. The van der Waals surface area contributed by atoms with Gasteiger partial charge >= 0.3 is 0 Å². The first-order valence-electron chi connectivity index (χ1n) is 7.76. The van der Waals surface area contributed by atoms with E-state index in [1.165, 1.54) is 27.5 Å². The Kier molecular flexibility index (Phi) is 4.21. The van der Waals surface area contributed by atoms with E-state index in [1.54, 1.807) is 12.3 Å². The van der Waals surface area contributed by atoms with Crippen LogP contribution in [0.4, 0.5) is 0 Å². The zero-order valence-electron chi connectivity index (χ0n) is 14.7. The second-order valence-corrected chi connectivity index (χ2v) is 11.2. The SMILES string of the molecule is COc1c(C)cccc1[Si](C)(C)C1=C(C)C(C)=C(C)C1C. The van der Waals surface area contributed by atoms with Crippen molar-refractivity contribution in [2.75, 3.05) is 7.11 Å². The van der Waals surface area contributed by atoms with Crippen LogP contribution in [0.2, 0.25) is 13.1 Å². The van der Waals surface area contributed by atoms with E-state index >= 15 is 0 Å². The Labute approximate surface area is 130 Å². The van der Waals surface area contributed by atoms with Gasteiger partial charge in [-0.05, 0) is 49.9 Å². The van der Waals surface area contributed by atoms with Crippen molar-refractivity contribution in [3.63, 3.8) is 0 Å². The van der Waals surface area contributed by atoms with Crippen molar-refractivity contribution < 1.29 is 4.74 Å². The number of hydrogen-bond acceptors (Lipinski definition) is 1. The molecule has 1 aliphatic carbocycles. The molecule has 1 aliphatic rings. The van der Waals surface area contributed by atoms with Gasteiger partial charge in [0.1, 0.15) is 13.8 Å². The predicted octanol–water partition coefficient (Wildman–Crippen LogP) is 4.76. The Morgan fingerprint density at radius 3 is 2.10 bits per heavy atom. The maximum atomic E-state index is 5.74. The van der Waals surface area contributed by atoms with Crippen LogP contribution in [0.1, 0.15) is 33.3 Å². The highest BCUT2D eigenvalue weighted by Gasteiger charge is 2.39. The molecule has 21 heavy (non-hydrogen) atoms. The average Bonchev–Trinajstić information content (AvgIpc) is 2.63. The van der Waals surface area contributed by atoms with Crippen LogP contribution in [0.3, 0.4) is 0 Å². The topological polar surface area (TPSA) is 9.23 Å². The summed E-state index contributed by atoms with van der Waals surface area (Å²) in [7, 11) is 0.0559. The van der Waals surface area contributed by atoms with E-state index < -0.39 is 8.07 Å². The van der Waals surface area contributed by atoms with E-state index in [2.05, 4.69) is 65.9 Å². The number of ether oxygens (including phenoxy) is 1. The van der Waals surface area contributed by atoms with E-state index in [0.717, 1.165) is 5.75 Å². The van der Waals surface area contributed by atoms with Crippen molar-refractivity contribution in [2.24, 2.45) is 5.92 Å². The van der Waals surface area contributed by atoms with Crippen molar-refractivity contribution in [1.82, 2.24) is 0 Å². The molecule has 0 saturated heterocycles. The molecule has 0 N–H and O–H groups in total. The zero-order valence-corrected chi connectivity index (χ0v) is 15.7. The fraction of sp³-hybridized carbons (Fsp3) is 0.474. The third-order valence-corrected chi connectivity index (χ3v) is 9.30. The van der Waals surface area contributed by atoms with E-state index in [4.69, 9.17) is 4.74 Å². The standard InChI is InChI=1S/C19H28OSi/c1-12-10-9-11-17(18(12)20-6)21(7,8)19-15(4)13(2)14(3)16(19)5/h9-11,15H,1-8H3. The highest BCUT2D eigenvalue weighted by Crippen LogP contribution is 2.42. The quantitative estimate of drug-likeness (QED) is 0.731. The Hall–Kier alpha value is -1.28. The van der Waals surface area contributed by atoms with Gasteiger partial charge in [0.15, 0.2) is 0 Å². The molecule has 0 amide bonds.